The van der Waals surface area contributed by atoms with Gasteiger partial charge in [-0.1, -0.05) is 41.9 Å². The number of hydrogen-bond donors (Lipinski definition) is 1. The standard InChI is InChI=1S/C21H15ClN2O5/c22-18-11-10-16(12-19(18)24(27)28)21(26)29-13-14-6-8-15(9-7-14)20(25)23-17-4-2-1-3-5-17/h1-12H,13H2,(H,23,25). The van der Waals surface area contributed by atoms with E-state index in [0.29, 0.717) is 16.8 Å². The molecule has 3 rings (SSSR count). The number of halogens is 1. The van der Waals surface area contributed by atoms with E-state index < -0.39 is 10.9 Å². The second-order valence-corrected chi connectivity index (χ2v) is 6.42. The molecule has 146 valence electrons. The van der Waals surface area contributed by atoms with Crippen molar-refractivity contribution in [1.82, 2.24) is 0 Å². The molecule has 0 saturated carbocycles. The Bertz CT molecular complexity index is 1050. The lowest BCUT2D eigenvalue weighted by Gasteiger charge is -2.07. The molecule has 0 bridgehead atoms. The number of nitrogens with one attached hydrogen (secondary N) is 1. The van der Waals surface area contributed by atoms with Gasteiger partial charge in [0.1, 0.15) is 11.6 Å². The van der Waals surface area contributed by atoms with Crippen LogP contribution in [0.5, 0.6) is 0 Å². The molecule has 0 saturated heterocycles. The molecule has 0 fully saturated rings. The molecule has 8 heteroatoms. The number of carbonyl (C=O) groups is 2. The molecule has 0 heterocycles. The summed E-state index contributed by atoms with van der Waals surface area (Å²) in [5.41, 5.74) is 1.47. The number of nitrogens with zero attached hydrogens (tertiary/aromatic N) is 1. The molecule has 0 unspecified atom stereocenters. The molecule has 0 aliphatic carbocycles. The van der Waals surface area contributed by atoms with E-state index in [1.54, 1.807) is 36.4 Å². The zero-order chi connectivity index (χ0) is 20.8. The van der Waals surface area contributed by atoms with Gasteiger partial charge in [0, 0.05) is 17.3 Å². The van der Waals surface area contributed by atoms with Crippen LogP contribution < -0.4 is 5.32 Å². The Kier molecular flexibility index (Phi) is 6.21. The number of anilines is 1. The van der Waals surface area contributed by atoms with Crippen molar-refractivity contribution in [2.75, 3.05) is 5.32 Å². The topological polar surface area (TPSA) is 98.5 Å². The van der Waals surface area contributed by atoms with Crippen molar-refractivity contribution in [3.05, 3.63) is 105 Å². The van der Waals surface area contributed by atoms with Crippen molar-refractivity contribution < 1.29 is 19.2 Å². The zero-order valence-electron chi connectivity index (χ0n) is 15.0. The number of carbonyl (C=O) groups excluding carboxylic acids is 2. The van der Waals surface area contributed by atoms with Gasteiger partial charge in [-0.3, -0.25) is 14.9 Å². The Morgan fingerprint density at radius 1 is 0.966 bits per heavy atom. The Morgan fingerprint density at radius 3 is 2.28 bits per heavy atom. The molecular formula is C21H15ClN2O5. The van der Waals surface area contributed by atoms with Crippen LogP contribution in [0, 0.1) is 10.1 Å². The molecule has 0 aliphatic rings. The largest absolute Gasteiger partial charge is 0.457 e. The lowest BCUT2D eigenvalue weighted by molar-refractivity contribution is -0.384. The van der Waals surface area contributed by atoms with E-state index in [2.05, 4.69) is 5.32 Å². The first-order chi connectivity index (χ1) is 13.9. The van der Waals surface area contributed by atoms with Crippen LogP contribution in [0.1, 0.15) is 26.3 Å². The fourth-order valence-corrected chi connectivity index (χ4v) is 2.68. The maximum Gasteiger partial charge on any atom is 0.338 e. The van der Waals surface area contributed by atoms with Crippen LogP contribution in [-0.2, 0) is 11.3 Å². The van der Waals surface area contributed by atoms with Crippen molar-refractivity contribution in [3.63, 3.8) is 0 Å². The number of ether oxygens (including phenoxy) is 1. The smallest absolute Gasteiger partial charge is 0.338 e. The summed E-state index contributed by atoms with van der Waals surface area (Å²) in [4.78, 5) is 34.6. The maximum atomic E-state index is 12.2. The van der Waals surface area contributed by atoms with Crippen LogP contribution in [0.15, 0.2) is 72.8 Å². The predicted molar refractivity (Wildman–Crippen MR) is 108 cm³/mol. The summed E-state index contributed by atoms with van der Waals surface area (Å²) in [5, 5.41) is 13.6. The summed E-state index contributed by atoms with van der Waals surface area (Å²) in [6, 6.07) is 19.3. The molecular weight excluding hydrogens is 396 g/mol. The maximum absolute atomic E-state index is 12.2. The van der Waals surface area contributed by atoms with Crippen molar-refractivity contribution in [3.8, 4) is 0 Å². The summed E-state index contributed by atoms with van der Waals surface area (Å²) < 4.78 is 5.18. The van der Waals surface area contributed by atoms with E-state index in [1.165, 1.54) is 12.1 Å². The minimum absolute atomic E-state index is 0.0277. The minimum Gasteiger partial charge on any atom is -0.457 e. The second-order valence-electron chi connectivity index (χ2n) is 6.02. The van der Waals surface area contributed by atoms with Crippen molar-refractivity contribution in [2.24, 2.45) is 0 Å². The molecule has 3 aromatic carbocycles. The predicted octanol–water partition coefficient (Wildman–Crippen LogP) is 4.86. The second kappa shape index (κ2) is 8.99. The normalized spacial score (nSPS) is 10.2. The third-order valence-electron chi connectivity index (χ3n) is 4.00. The third kappa shape index (κ3) is 5.18. The molecule has 0 aromatic heterocycles. The highest BCUT2D eigenvalue weighted by Crippen LogP contribution is 2.25. The van der Waals surface area contributed by atoms with Crippen LogP contribution in [0.2, 0.25) is 5.02 Å². The van der Waals surface area contributed by atoms with Gasteiger partial charge in [-0.25, -0.2) is 4.79 Å². The number of para-hydroxylation sites is 1. The van der Waals surface area contributed by atoms with Crippen LogP contribution in [0.25, 0.3) is 0 Å². The van der Waals surface area contributed by atoms with Gasteiger partial charge in [-0.2, -0.15) is 0 Å². The fourth-order valence-electron chi connectivity index (χ4n) is 2.49. The molecule has 1 N–H and O–H groups in total. The van der Waals surface area contributed by atoms with E-state index in [-0.39, 0.29) is 28.8 Å². The monoisotopic (exact) mass is 410 g/mol. The summed E-state index contributed by atoms with van der Waals surface area (Å²) in [7, 11) is 0. The number of hydrogen-bond acceptors (Lipinski definition) is 5. The Morgan fingerprint density at radius 2 is 1.62 bits per heavy atom. The SMILES string of the molecule is O=C(Nc1ccccc1)c1ccc(COC(=O)c2ccc(Cl)c([N+](=O)[O-])c2)cc1. The number of nitro benzene ring substituents is 1. The van der Waals surface area contributed by atoms with Gasteiger partial charge in [-0.15, -0.1) is 0 Å². The van der Waals surface area contributed by atoms with Gasteiger partial charge in [-0.05, 0) is 42.0 Å². The average molecular weight is 411 g/mol. The molecule has 0 atom stereocenters. The highest BCUT2D eigenvalue weighted by molar-refractivity contribution is 6.32. The summed E-state index contributed by atoms with van der Waals surface area (Å²) in [5.74, 6) is -0.969. The van der Waals surface area contributed by atoms with Crippen molar-refractivity contribution >= 4 is 34.9 Å². The molecule has 0 spiro atoms. The molecule has 29 heavy (non-hydrogen) atoms. The van der Waals surface area contributed by atoms with Crippen molar-refractivity contribution in [1.29, 1.82) is 0 Å². The minimum atomic E-state index is -0.712. The molecule has 7 nitrogen and oxygen atoms in total. The summed E-state index contributed by atoms with van der Waals surface area (Å²) in [6.45, 7) is -0.0458. The van der Waals surface area contributed by atoms with Crippen molar-refractivity contribution in [2.45, 2.75) is 6.61 Å². The van der Waals surface area contributed by atoms with Gasteiger partial charge in [0.05, 0.1) is 10.5 Å². The van der Waals surface area contributed by atoms with Crippen LogP contribution in [0.4, 0.5) is 11.4 Å². The third-order valence-corrected chi connectivity index (χ3v) is 4.32. The van der Waals surface area contributed by atoms with Gasteiger partial charge >= 0.3 is 5.97 Å². The number of nitro groups is 1. The Labute approximate surface area is 171 Å². The number of benzene rings is 3. The number of rotatable bonds is 6. The first-order valence-electron chi connectivity index (χ1n) is 8.50. The van der Waals surface area contributed by atoms with Crippen LogP contribution >= 0.6 is 11.6 Å². The Hall–Kier alpha value is -3.71. The molecule has 0 aliphatic heterocycles. The first-order valence-corrected chi connectivity index (χ1v) is 8.88. The van der Waals surface area contributed by atoms with Gasteiger partial charge in [0.2, 0.25) is 0 Å². The van der Waals surface area contributed by atoms with E-state index in [9.17, 15) is 19.7 Å². The van der Waals surface area contributed by atoms with E-state index in [0.717, 1.165) is 6.07 Å². The van der Waals surface area contributed by atoms with Crippen LogP contribution in [-0.4, -0.2) is 16.8 Å². The summed E-state index contributed by atoms with van der Waals surface area (Å²) >= 11 is 5.73. The van der Waals surface area contributed by atoms with E-state index >= 15 is 0 Å². The molecule has 1 amide bonds. The molecule has 0 radical (unpaired) electrons. The fraction of sp³-hybridized carbons (Fsp3) is 0.0476. The van der Waals surface area contributed by atoms with Gasteiger partial charge in [0.25, 0.3) is 11.6 Å². The zero-order valence-corrected chi connectivity index (χ0v) is 15.8. The number of esters is 1. The quantitative estimate of drug-likeness (QED) is 0.355. The summed E-state index contributed by atoms with van der Waals surface area (Å²) in [6.07, 6.45) is 0. The number of amides is 1. The average Bonchev–Trinajstić information content (AvgIpc) is 2.73. The highest BCUT2D eigenvalue weighted by Gasteiger charge is 2.17. The van der Waals surface area contributed by atoms with Crippen LogP contribution in [0.3, 0.4) is 0 Å². The lowest BCUT2D eigenvalue weighted by atomic mass is 10.1. The molecule has 3 aromatic rings. The van der Waals surface area contributed by atoms with Gasteiger partial charge < -0.3 is 10.1 Å². The van der Waals surface area contributed by atoms with E-state index in [4.69, 9.17) is 16.3 Å². The Balaban J connectivity index is 1.60. The lowest BCUT2D eigenvalue weighted by Crippen LogP contribution is -2.12. The first kappa shape index (κ1) is 20.0. The van der Waals surface area contributed by atoms with E-state index in [1.807, 2.05) is 18.2 Å². The van der Waals surface area contributed by atoms with Gasteiger partial charge in [0.15, 0.2) is 0 Å². The highest BCUT2D eigenvalue weighted by atomic mass is 35.5.